The summed E-state index contributed by atoms with van der Waals surface area (Å²) in [6, 6.07) is 14.7. The number of imide groups is 1. The number of aliphatic hydroxyl groups excluding tert-OH is 1. The zero-order valence-corrected chi connectivity index (χ0v) is 16.0. The molecule has 1 heterocycles. The lowest BCUT2D eigenvalue weighted by Gasteiger charge is -2.27. The lowest BCUT2D eigenvalue weighted by atomic mass is 10.0. The summed E-state index contributed by atoms with van der Waals surface area (Å²) in [5.41, 5.74) is 1.32. The van der Waals surface area contributed by atoms with Gasteiger partial charge in [-0.05, 0) is 30.0 Å². The van der Waals surface area contributed by atoms with Crippen LogP contribution in [-0.4, -0.2) is 40.3 Å². The van der Waals surface area contributed by atoms with Gasteiger partial charge >= 0.3 is 0 Å². The number of benzene rings is 2. The molecule has 0 aromatic heterocycles. The van der Waals surface area contributed by atoms with Crippen LogP contribution in [0.1, 0.15) is 52.7 Å². The number of hydrogen-bond donors (Lipinski definition) is 2. The molecule has 0 spiro atoms. The van der Waals surface area contributed by atoms with E-state index in [9.17, 15) is 19.5 Å². The van der Waals surface area contributed by atoms with Crippen molar-refractivity contribution in [2.45, 2.75) is 32.4 Å². The third-order valence-corrected chi connectivity index (χ3v) is 4.79. The van der Waals surface area contributed by atoms with Gasteiger partial charge in [0.1, 0.15) is 6.04 Å². The summed E-state index contributed by atoms with van der Waals surface area (Å²) in [5, 5.41) is 13.0. The summed E-state index contributed by atoms with van der Waals surface area (Å²) >= 11 is 0. The topological polar surface area (TPSA) is 86.7 Å². The van der Waals surface area contributed by atoms with Gasteiger partial charge in [0, 0.05) is 6.54 Å². The summed E-state index contributed by atoms with van der Waals surface area (Å²) in [5.74, 6) is -1.26. The molecular formula is C22H24N2O4. The predicted octanol–water partition coefficient (Wildman–Crippen LogP) is 2.55. The summed E-state index contributed by atoms with van der Waals surface area (Å²) in [6.45, 7) is 3.86. The van der Waals surface area contributed by atoms with Crippen molar-refractivity contribution < 1.29 is 19.5 Å². The molecule has 3 amide bonds. The monoisotopic (exact) mass is 380 g/mol. The molecule has 146 valence electrons. The van der Waals surface area contributed by atoms with E-state index >= 15 is 0 Å². The molecule has 1 unspecified atom stereocenters. The van der Waals surface area contributed by atoms with Crippen LogP contribution in [0.15, 0.2) is 54.6 Å². The van der Waals surface area contributed by atoms with Gasteiger partial charge in [-0.1, -0.05) is 56.3 Å². The van der Waals surface area contributed by atoms with Crippen LogP contribution in [0, 0.1) is 5.92 Å². The lowest BCUT2D eigenvalue weighted by molar-refractivity contribution is -0.126. The van der Waals surface area contributed by atoms with Crippen LogP contribution in [0.2, 0.25) is 0 Å². The minimum absolute atomic E-state index is 0.000606. The van der Waals surface area contributed by atoms with Crippen molar-refractivity contribution in [2.24, 2.45) is 5.92 Å². The standard InChI is InChI=1S/C22H24N2O4/c1-14(2)12-18(20(26)23-13-19(25)15-8-4-3-5-9-15)24-21(27)16-10-6-7-11-17(16)22(24)28/h3-11,14,18-19,25H,12-13H2,1-2H3,(H,23,26)/t18-,19?/m0/s1. The summed E-state index contributed by atoms with van der Waals surface area (Å²) in [7, 11) is 0. The smallest absolute Gasteiger partial charge is 0.262 e. The van der Waals surface area contributed by atoms with Crippen molar-refractivity contribution >= 4 is 17.7 Å². The number of fused-ring (bicyclic) bond motifs is 1. The molecule has 2 aromatic rings. The molecule has 2 N–H and O–H groups in total. The van der Waals surface area contributed by atoms with E-state index in [0.717, 1.165) is 4.90 Å². The van der Waals surface area contributed by atoms with Gasteiger partial charge in [-0.15, -0.1) is 0 Å². The first-order valence-corrected chi connectivity index (χ1v) is 9.37. The number of aliphatic hydroxyl groups is 1. The van der Waals surface area contributed by atoms with Crippen LogP contribution < -0.4 is 5.32 Å². The van der Waals surface area contributed by atoms with Crippen LogP contribution >= 0.6 is 0 Å². The van der Waals surface area contributed by atoms with Gasteiger partial charge in [-0.3, -0.25) is 19.3 Å². The van der Waals surface area contributed by atoms with Gasteiger partial charge < -0.3 is 10.4 Å². The maximum Gasteiger partial charge on any atom is 0.262 e. The highest BCUT2D eigenvalue weighted by molar-refractivity contribution is 6.22. The molecule has 0 saturated heterocycles. The van der Waals surface area contributed by atoms with E-state index in [1.165, 1.54) is 0 Å². The van der Waals surface area contributed by atoms with Crippen LogP contribution in [0.5, 0.6) is 0 Å². The second-order valence-corrected chi connectivity index (χ2v) is 7.34. The van der Waals surface area contributed by atoms with Gasteiger partial charge in [0.05, 0.1) is 17.2 Å². The molecule has 6 nitrogen and oxygen atoms in total. The Bertz CT molecular complexity index is 844. The van der Waals surface area contributed by atoms with E-state index in [4.69, 9.17) is 0 Å². The van der Waals surface area contributed by atoms with Crippen molar-refractivity contribution in [3.63, 3.8) is 0 Å². The van der Waals surface area contributed by atoms with Crippen LogP contribution in [0.4, 0.5) is 0 Å². The third kappa shape index (κ3) is 3.97. The lowest BCUT2D eigenvalue weighted by Crippen LogP contribution is -2.50. The number of amides is 3. The predicted molar refractivity (Wildman–Crippen MR) is 105 cm³/mol. The van der Waals surface area contributed by atoms with Crippen LogP contribution in [0.25, 0.3) is 0 Å². The molecule has 28 heavy (non-hydrogen) atoms. The molecule has 1 aliphatic heterocycles. The van der Waals surface area contributed by atoms with Gasteiger partial charge in [0.2, 0.25) is 5.91 Å². The Morgan fingerprint density at radius 3 is 2.04 bits per heavy atom. The fraction of sp³-hybridized carbons (Fsp3) is 0.318. The largest absolute Gasteiger partial charge is 0.387 e. The fourth-order valence-corrected chi connectivity index (χ4v) is 3.38. The average Bonchev–Trinajstić information content (AvgIpc) is 2.95. The minimum atomic E-state index is -0.921. The quantitative estimate of drug-likeness (QED) is 0.723. The Morgan fingerprint density at radius 1 is 0.964 bits per heavy atom. The number of carbonyl (C=O) groups excluding carboxylic acids is 3. The normalized spacial score (nSPS) is 15.5. The maximum atomic E-state index is 12.9. The second kappa shape index (κ2) is 8.35. The fourth-order valence-electron chi connectivity index (χ4n) is 3.38. The molecule has 6 heteroatoms. The molecule has 1 aliphatic rings. The van der Waals surface area contributed by atoms with Gasteiger partial charge in [0.15, 0.2) is 0 Å². The molecule has 2 atom stereocenters. The van der Waals surface area contributed by atoms with Crippen LogP contribution in [-0.2, 0) is 4.79 Å². The van der Waals surface area contributed by atoms with E-state index in [-0.39, 0.29) is 12.5 Å². The maximum absolute atomic E-state index is 12.9. The minimum Gasteiger partial charge on any atom is -0.387 e. The van der Waals surface area contributed by atoms with Crippen molar-refractivity contribution in [1.29, 1.82) is 0 Å². The summed E-state index contributed by atoms with van der Waals surface area (Å²) < 4.78 is 0. The Kier molecular flexibility index (Phi) is 5.90. The number of nitrogens with one attached hydrogen (secondary N) is 1. The Balaban J connectivity index is 1.76. The summed E-state index contributed by atoms with van der Waals surface area (Å²) in [4.78, 5) is 39.5. The van der Waals surface area contributed by atoms with Crippen molar-refractivity contribution in [1.82, 2.24) is 10.2 Å². The molecular weight excluding hydrogens is 356 g/mol. The Morgan fingerprint density at radius 2 is 1.50 bits per heavy atom. The van der Waals surface area contributed by atoms with Crippen molar-refractivity contribution in [2.75, 3.05) is 6.54 Å². The Hall–Kier alpha value is -2.99. The SMILES string of the molecule is CC(C)C[C@@H](C(=O)NCC(O)c1ccccc1)N1C(=O)c2ccccc2C1=O. The average molecular weight is 380 g/mol. The zero-order chi connectivity index (χ0) is 20.3. The number of nitrogens with zero attached hydrogens (tertiary/aromatic N) is 1. The van der Waals surface area contributed by atoms with E-state index < -0.39 is 29.9 Å². The summed E-state index contributed by atoms with van der Waals surface area (Å²) in [6.07, 6.45) is -0.523. The van der Waals surface area contributed by atoms with Crippen molar-refractivity contribution in [3.05, 3.63) is 71.3 Å². The Labute approximate surface area is 164 Å². The van der Waals surface area contributed by atoms with E-state index in [2.05, 4.69) is 5.32 Å². The third-order valence-electron chi connectivity index (χ3n) is 4.79. The van der Waals surface area contributed by atoms with Crippen LogP contribution in [0.3, 0.4) is 0 Å². The number of hydrogen-bond acceptors (Lipinski definition) is 4. The molecule has 2 aromatic carbocycles. The first-order chi connectivity index (χ1) is 13.4. The number of rotatable bonds is 7. The van der Waals surface area contributed by atoms with Gasteiger partial charge in [-0.2, -0.15) is 0 Å². The number of carbonyl (C=O) groups is 3. The van der Waals surface area contributed by atoms with E-state index in [1.807, 2.05) is 19.9 Å². The zero-order valence-electron chi connectivity index (χ0n) is 16.0. The van der Waals surface area contributed by atoms with E-state index in [0.29, 0.717) is 23.1 Å². The molecule has 0 bridgehead atoms. The highest BCUT2D eigenvalue weighted by atomic mass is 16.3. The highest BCUT2D eigenvalue weighted by Crippen LogP contribution is 2.27. The first-order valence-electron chi connectivity index (χ1n) is 9.37. The molecule has 0 radical (unpaired) electrons. The highest BCUT2D eigenvalue weighted by Gasteiger charge is 2.42. The molecule has 0 saturated carbocycles. The van der Waals surface area contributed by atoms with Gasteiger partial charge in [-0.25, -0.2) is 0 Å². The van der Waals surface area contributed by atoms with Gasteiger partial charge in [0.25, 0.3) is 11.8 Å². The second-order valence-electron chi connectivity index (χ2n) is 7.34. The van der Waals surface area contributed by atoms with E-state index in [1.54, 1.807) is 48.5 Å². The molecule has 0 fully saturated rings. The molecule has 0 aliphatic carbocycles. The first kappa shape index (κ1) is 19.8. The van der Waals surface area contributed by atoms with Crippen molar-refractivity contribution in [3.8, 4) is 0 Å². The molecule has 3 rings (SSSR count).